The lowest BCUT2D eigenvalue weighted by atomic mass is 9.89. The van der Waals surface area contributed by atoms with Crippen molar-refractivity contribution in [3.05, 3.63) is 53.8 Å². The number of rotatable bonds is 3. The van der Waals surface area contributed by atoms with Crippen LogP contribution >= 0.6 is 12.2 Å². The van der Waals surface area contributed by atoms with Gasteiger partial charge in [0.15, 0.2) is 5.11 Å². The van der Waals surface area contributed by atoms with Crippen molar-refractivity contribution in [3.63, 3.8) is 0 Å². The van der Waals surface area contributed by atoms with E-state index >= 15 is 0 Å². The molecule has 0 saturated carbocycles. The summed E-state index contributed by atoms with van der Waals surface area (Å²) < 4.78 is 24.7. The molecule has 2 aromatic carbocycles. The molecule has 25 heavy (non-hydrogen) atoms. The second kappa shape index (κ2) is 6.88. The van der Waals surface area contributed by atoms with Crippen molar-refractivity contribution >= 4 is 23.0 Å². The molecule has 0 aliphatic carbocycles. The highest BCUT2D eigenvalue weighted by Crippen LogP contribution is 2.41. The third kappa shape index (κ3) is 4.20. The lowest BCUT2D eigenvalue weighted by molar-refractivity contribution is 0.0693. The lowest BCUT2D eigenvalue weighted by Gasteiger charge is -2.38. The van der Waals surface area contributed by atoms with Crippen molar-refractivity contribution in [2.75, 3.05) is 12.4 Å². The minimum Gasteiger partial charge on any atom is -0.497 e. The van der Waals surface area contributed by atoms with Crippen molar-refractivity contribution in [2.45, 2.75) is 31.9 Å². The molecule has 2 N–H and O–H groups in total. The van der Waals surface area contributed by atoms with Crippen LogP contribution in [0, 0.1) is 5.82 Å². The van der Waals surface area contributed by atoms with Gasteiger partial charge in [0.05, 0.1) is 13.2 Å². The Morgan fingerprint density at radius 1 is 1.28 bits per heavy atom. The van der Waals surface area contributed by atoms with E-state index in [1.807, 2.05) is 32.0 Å². The van der Waals surface area contributed by atoms with E-state index in [1.54, 1.807) is 19.2 Å². The minimum atomic E-state index is -0.342. The van der Waals surface area contributed by atoms with E-state index in [-0.39, 0.29) is 17.5 Å². The molecule has 1 aliphatic rings. The van der Waals surface area contributed by atoms with Gasteiger partial charge in [-0.2, -0.15) is 0 Å². The van der Waals surface area contributed by atoms with Crippen LogP contribution in [-0.2, 0) is 0 Å². The van der Waals surface area contributed by atoms with Gasteiger partial charge in [-0.1, -0.05) is 6.07 Å². The number of thiocarbonyl (C=S) groups is 1. The van der Waals surface area contributed by atoms with Gasteiger partial charge in [0.2, 0.25) is 0 Å². The van der Waals surface area contributed by atoms with Gasteiger partial charge in [0, 0.05) is 23.7 Å². The smallest absolute Gasteiger partial charge is 0.171 e. The number of benzene rings is 2. The third-order valence-electron chi connectivity index (χ3n) is 4.07. The number of hydrogen-bond donors (Lipinski definition) is 2. The Balaban J connectivity index is 1.79. The van der Waals surface area contributed by atoms with Crippen LogP contribution in [0.5, 0.6) is 11.5 Å². The van der Waals surface area contributed by atoms with Crippen molar-refractivity contribution in [1.29, 1.82) is 0 Å². The summed E-state index contributed by atoms with van der Waals surface area (Å²) in [6, 6.07) is 12.0. The Hall–Kier alpha value is -2.34. The zero-order valence-corrected chi connectivity index (χ0v) is 15.2. The average molecular weight is 360 g/mol. The largest absolute Gasteiger partial charge is 0.497 e. The number of ether oxygens (including phenoxy) is 2. The predicted molar refractivity (Wildman–Crippen MR) is 101 cm³/mol. The number of halogens is 1. The molecular weight excluding hydrogens is 339 g/mol. The Labute approximate surface area is 152 Å². The molecule has 3 rings (SSSR count). The molecule has 1 heterocycles. The molecule has 132 valence electrons. The predicted octanol–water partition coefficient (Wildman–Crippen LogP) is 4.42. The zero-order valence-electron chi connectivity index (χ0n) is 14.4. The summed E-state index contributed by atoms with van der Waals surface area (Å²) in [4.78, 5) is 0. The standard InChI is InChI=1S/C19H21FN2O2S/c1-19(2)11-16(15-8-7-14(23-3)10-17(15)24-19)22-18(25)21-13-6-4-5-12(20)9-13/h4-10,16H,11H2,1-3H3,(H2,21,22,25). The van der Waals surface area contributed by atoms with Crippen molar-refractivity contribution in [1.82, 2.24) is 5.32 Å². The molecule has 0 amide bonds. The Kier molecular flexibility index (Phi) is 4.81. The second-order valence-electron chi connectivity index (χ2n) is 6.63. The van der Waals surface area contributed by atoms with Gasteiger partial charge in [-0.3, -0.25) is 0 Å². The topological polar surface area (TPSA) is 42.5 Å². The fourth-order valence-corrected chi connectivity index (χ4v) is 3.24. The maximum atomic E-state index is 13.3. The first-order valence-corrected chi connectivity index (χ1v) is 8.47. The minimum absolute atomic E-state index is 0.0155. The molecule has 0 spiro atoms. The molecule has 0 bridgehead atoms. The summed E-state index contributed by atoms with van der Waals surface area (Å²) in [5.74, 6) is 1.22. The average Bonchev–Trinajstić information content (AvgIpc) is 2.53. The molecule has 2 aromatic rings. The van der Waals surface area contributed by atoms with E-state index in [9.17, 15) is 4.39 Å². The first-order chi connectivity index (χ1) is 11.9. The molecule has 6 heteroatoms. The highest BCUT2D eigenvalue weighted by atomic mass is 32.1. The number of fused-ring (bicyclic) bond motifs is 1. The van der Waals surface area contributed by atoms with Gasteiger partial charge in [-0.25, -0.2) is 4.39 Å². The van der Waals surface area contributed by atoms with E-state index in [0.29, 0.717) is 10.8 Å². The fourth-order valence-electron chi connectivity index (χ4n) is 2.98. The summed E-state index contributed by atoms with van der Waals surface area (Å²) in [6.07, 6.45) is 0.747. The first-order valence-electron chi connectivity index (χ1n) is 8.06. The number of anilines is 1. The second-order valence-corrected chi connectivity index (χ2v) is 7.04. The molecule has 1 atom stereocenters. The van der Waals surface area contributed by atoms with Crippen LogP contribution < -0.4 is 20.1 Å². The van der Waals surface area contributed by atoms with Gasteiger partial charge in [-0.05, 0) is 56.4 Å². The quantitative estimate of drug-likeness (QED) is 0.793. The van der Waals surface area contributed by atoms with E-state index < -0.39 is 0 Å². The first kappa shape index (κ1) is 17.5. The summed E-state index contributed by atoms with van der Waals surface area (Å²) in [7, 11) is 1.63. The Bertz CT molecular complexity index is 795. The van der Waals surface area contributed by atoms with Crippen molar-refractivity contribution in [3.8, 4) is 11.5 Å². The van der Waals surface area contributed by atoms with Gasteiger partial charge >= 0.3 is 0 Å². The van der Waals surface area contributed by atoms with E-state index in [4.69, 9.17) is 21.7 Å². The molecular formula is C19H21FN2O2S. The summed E-state index contributed by atoms with van der Waals surface area (Å²) >= 11 is 5.40. The van der Waals surface area contributed by atoms with Crippen LogP contribution in [0.25, 0.3) is 0 Å². The molecule has 1 unspecified atom stereocenters. The lowest BCUT2D eigenvalue weighted by Crippen LogP contribution is -2.42. The summed E-state index contributed by atoms with van der Waals surface area (Å²) in [5, 5.41) is 6.78. The Morgan fingerprint density at radius 3 is 2.80 bits per heavy atom. The molecule has 4 nitrogen and oxygen atoms in total. The van der Waals surface area contributed by atoms with Gasteiger partial charge < -0.3 is 20.1 Å². The summed E-state index contributed by atoms with van der Waals surface area (Å²) in [6.45, 7) is 4.07. The van der Waals surface area contributed by atoms with E-state index in [0.717, 1.165) is 23.5 Å². The maximum absolute atomic E-state index is 13.3. The number of nitrogens with one attached hydrogen (secondary N) is 2. The third-order valence-corrected chi connectivity index (χ3v) is 4.29. The zero-order chi connectivity index (χ0) is 18.0. The highest BCUT2D eigenvalue weighted by Gasteiger charge is 2.34. The van der Waals surface area contributed by atoms with Crippen LogP contribution in [0.4, 0.5) is 10.1 Å². The molecule has 0 aromatic heterocycles. The van der Waals surface area contributed by atoms with Crippen molar-refractivity contribution in [2.24, 2.45) is 0 Å². The fraction of sp³-hybridized carbons (Fsp3) is 0.316. The number of hydrogen-bond acceptors (Lipinski definition) is 3. The molecule has 1 aliphatic heterocycles. The normalized spacial score (nSPS) is 17.8. The number of methoxy groups -OCH3 is 1. The monoisotopic (exact) mass is 360 g/mol. The van der Waals surface area contributed by atoms with Crippen molar-refractivity contribution < 1.29 is 13.9 Å². The van der Waals surface area contributed by atoms with Crippen LogP contribution in [0.2, 0.25) is 0 Å². The van der Waals surface area contributed by atoms with E-state index in [1.165, 1.54) is 12.1 Å². The van der Waals surface area contributed by atoms with Gasteiger partial charge in [0.1, 0.15) is 22.9 Å². The molecule has 0 fully saturated rings. The van der Waals surface area contributed by atoms with Gasteiger partial charge in [0.25, 0.3) is 0 Å². The van der Waals surface area contributed by atoms with Crippen LogP contribution in [0.3, 0.4) is 0 Å². The highest BCUT2D eigenvalue weighted by molar-refractivity contribution is 7.80. The molecule has 0 radical (unpaired) electrons. The van der Waals surface area contributed by atoms with Gasteiger partial charge in [-0.15, -0.1) is 0 Å². The molecule has 0 saturated heterocycles. The van der Waals surface area contributed by atoms with Crippen LogP contribution in [0.15, 0.2) is 42.5 Å². The van der Waals surface area contributed by atoms with E-state index in [2.05, 4.69) is 10.6 Å². The SMILES string of the molecule is COc1ccc2c(c1)OC(C)(C)CC2NC(=S)Nc1cccc(F)c1. The Morgan fingerprint density at radius 2 is 2.08 bits per heavy atom. The van der Waals surface area contributed by atoms with Crippen LogP contribution in [0.1, 0.15) is 31.9 Å². The van der Waals surface area contributed by atoms with Crippen LogP contribution in [-0.4, -0.2) is 17.8 Å². The maximum Gasteiger partial charge on any atom is 0.171 e. The summed E-state index contributed by atoms with van der Waals surface area (Å²) in [5.41, 5.74) is 1.29.